The summed E-state index contributed by atoms with van der Waals surface area (Å²) in [5.74, 6) is 1.05. The Kier molecular flexibility index (Phi) is 4.86. The van der Waals surface area contributed by atoms with Crippen molar-refractivity contribution >= 4 is 11.6 Å². The van der Waals surface area contributed by atoms with Crippen LogP contribution in [0.25, 0.3) is 0 Å². The van der Waals surface area contributed by atoms with Gasteiger partial charge in [0, 0.05) is 17.8 Å². The van der Waals surface area contributed by atoms with Gasteiger partial charge >= 0.3 is 0 Å². The lowest BCUT2D eigenvalue weighted by molar-refractivity contribution is -0.908. The first-order chi connectivity index (χ1) is 11.6. The predicted molar refractivity (Wildman–Crippen MR) is 95.5 cm³/mol. The first-order valence-corrected chi connectivity index (χ1v) is 8.44. The summed E-state index contributed by atoms with van der Waals surface area (Å²) in [4.78, 5) is 16.1. The van der Waals surface area contributed by atoms with Gasteiger partial charge in [0.1, 0.15) is 12.3 Å². The third-order valence-electron chi connectivity index (χ3n) is 4.88. The molecule has 0 bridgehead atoms. The van der Waals surface area contributed by atoms with E-state index in [0.29, 0.717) is 0 Å². The van der Waals surface area contributed by atoms with Gasteiger partial charge in [-0.1, -0.05) is 30.3 Å². The highest BCUT2D eigenvalue weighted by Crippen LogP contribution is 2.27. The van der Waals surface area contributed by atoms with E-state index in [9.17, 15) is 4.79 Å². The van der Waals surface area contributed by atoms with Crippen molar-refractivity contribution in [3.05, 3.63) is 59.7 Å². The summed E-state index contributed by atoms with van der Waals surface area (Å²) >= 11 is 0. The third-order valence-corrected chi connectivity index (χ3v) is 4.88. The maximum atomic E-state index is 12.9. The lowest BCUT2D eigenvalue weighted by Gasteiger charge is -2.26. The fraction of sp³-hybridized carbons (Fsp3) is 0.350. The Morgan fingerprint density at radius 2 is 2.04 bits per heavy atom. The van der Waals surface area contributed by atoms with Crippen LogP contribution in [0, 0.1) is 0 Å². The summed E-state index contributed by atoms with van der Waals surface area (Å²) in [5.41, 5.74) is 3.51. The van der Waals surface area contributed by atoms with E-state index in [4.69, 9.17) is 4.74 Å². The van der Waals surface area contributed by atoms with Crippen molar-refractivity contribution in [1.82, 2.24) is 0 Å². The van der Waals surface area contributed by atoms with E-state index in [0.717, 1.165) is 30.9 Å². The van der Waals surface area contributed by atoms with E-state index >= 15 is 0 Å². The van der Waals surface area contributed by atoms with Crippen LogP contribution in [-0.2, 0) is 17.8 Å². The fourth-order valence-corrected chi connectivity index (χ4v) is 3.27. The minimum Gasteiger partial charge on any atom is -0.497 e. The molecule has 2 aromatic rings. The number of carbonyl (C=O) groups is 1. The topological polar surface area (TPSA) is 34.0 Å². The molecule has 1 amide bonds. The molecule has 0 spiro atoms. The van der Waals surface area contributed by atoms with E-state index in [-0.39, 0.29) is 11.9 Å². The Morgan fingerprint density at radius 3 is 2.83 bits per heavy atom. The highest BCUT2D eigenvalue weighted by molar-refractivity contribution is 5.97. The Hall–Kier alpha value is -2.33. The molecule has 0 aliphatic carbocycles. The second kappa shape index (κ2) is 7.05. The van der Waals surface area contributed by atoms with Gasteiger partial charge < -0.3 is 14.5 Å². The zero-order chi connectivity index (χ0) is 17.1. The number of nitrogens with one attached hydrogen (secondary N) is 1. The monoisotopic (exact) mass is 325 g/mol. The van der Waals surface area contributed by atoms with Crippen molar-refractivity contribution in [2.45, 2.75) is 25.9 Å². The molecule has 1 N–H and O–H groups in total. The van der Waals surface area contributed by atoms with Crippen LogP contribution in [0.1, 0.15) is 18.1 Å². The lowest BCUT2D eigenvalue weighted by atomic mass is 10.1. The molecule has 0 aromatic heterocycles. The van der Waals surface area contributed by atoms with Gasteiger partial charge in [-0.2, -0.15) is 0 Å². The summed E-state index contributed by atoms with van der Waals surface area (Å²) in [7, 11) is 3.75. The molecular formula is C20H25N2O2+. The number of quaternary nitrogens is 1. The van der Waals surface area contributed by atoms with E-state index in [1.807, 2.05) is 48.2 Å². The number of rotatable bonds is 5. The van der Waals surface area contributed by atoms with Crippen LogP contribution in [0.3, 0.4) is 0 Å². The number of amides is 1. The number of benzene rings is 2. The van der Waals surface area contributed by atoms with Gasteiger partial charge in [-0.25, -0.2) is 0 Å². The van der Waals surface area contributed by atoms with Crippen molar-refractivity contribution in [3.63, 3.8) is 0 Å². The lowest BCUT2D eigenvalue weighted by Crippen LogP contribution is -3.12. The smallest absolute Gasteiger partial charge is 0.284 e. The van der Waals surface area contributed by atoms with Crippen molar-refractivity contribution in [1.29, 1.82) is 0 Å². The Morgan fingerprint density at radius 1 is 1.25 bits per heavy atom. The van der Waals surface area contributed by atoms with Gasteiger partial charge in [-0.3, -0.25) is 4.79 Å². The van der Waals surface area contributed by atoms with Crippen LogP contribution in [0.15, 0.2) is 48.5 Å². The van der Waals surface area contributed by atoms with Crippen LogP contribution in [0.2, 0.25) is 0 Å². The number of carbonyl (C=O) groups excluding carboxylic acids is 1. The van der Waals surface area contributed by atoms with Gasteiger partial charge in [0.15, 0.2) is 6.04 Å². The van der Waals surface area contributed by atoms with Crippen LogP contribution in [-0.4, -0.2) is 32.7 Å². The molecule has 2 aromatic carbocycles. The van der Waals surface area contributed by atoms with Crippen LogP contribution in [0.5, 0.6) is 5.75 Å². The summed E-state index contributed by atoms with van der Waals surface area (Å²) < 4.78 is 5.28. The average molecular weight is 325 g/mol. The third kappa shape index (κ3) is 3.29. The molecule has 3 rings (SSSR count). The number of nitrogens with zero attached hydrogens (tertiary/aromatic N) is 1. The number of hydrogen-bond acceptors (Lipinski definition) is 2. The number of para-hydroxylation sites is 1. The Labute approximate surface area is 143 Å². The van der Waals surface area contributed by atoms with Gasteiger partial charge in [0.2, 0.25) is 0 Å². The first-order valence-electron chi connectivity index (χ1n) is 8.44. The standard InChI is InChI=1S/C20H24N2O2/c1-15(21(2)14-16-7-6-9-18(13-16)24-3)20(23)22-12-11-17-8-4-5-10-19(17)22/h4-10,13,15H,11-12,14H2,1-3H3/p+1/t15-/m1/s1. The highest BCUT2D eigenvalue weighted by Gasteiger charge is 2.31. The first kappa shape index (κ1) is 16.5. The second-order valence-corrected chi connectivity index (χ2v) is 6.46. The van der Waals surface area contributed by atoms with Crippen LogP contribution in [0.4, 0.5) is 5.69 Å². The number of fused-ring (bicyclic) bond motifs is 1. The molecule has 0 radical (unpaired) electrons. The number of anilines is 1. The number of hydrogen-bond donors (Lipinski definition) is 1. The molecule has 126 valence electrons. The van der Waals surface area contributed by atoms with Gasteiger partial charge in [-0.05, 0) is 37.1 Å². The molecule has 0 saturated heterocycles. The summed E-state index contributed by atoms with van der Waals surface area (Å²) in [5, 5.41) is 0. The van der Waals surface area contributed by atoms with Crippen molar-refractivity contribution in [2.75, 3.05) is 25.6 Å². The number of methoxy groups -OCH3 is 1. The quantitative estimate of drug-likeness (QED) is 0.908. The van der Waals surface area contributed by atoms with Gasteiger partial charge in [0.25, 0.3) is 5.91 Å². The highest BCUT2D eigenvalue weighted by atomic mass is 16.5. The molecule has 24 heavy (non-hydrogen) atoms. The molecule has 1 aliphatic heterocycles. The maximum absolute atomic E-state index is 12.9. The van der Waals surface area contributed by atoms with Crippen LogP contribution >= 0.6 is 0 Å². The average Bonchev–Trinajstić information content (AvgIpc) is 3.04. The van der Waals surface area contributed by atoms with Crippen molar-refractivity contribution in [2.24, 2.45) is 0 Å². The minimum atomic E-state index is -0.0950. The van der Waals surface area contributed by atoms with Crippen LogP contribution < -0.4 is 14.5 Å². The van der Waals surface area contributed by atoms with Crippen molar-refractivity contribution in [3.8, 4) is 5.75 Å². The Bertz CT molecular complexity index is 729. The van der Waals surface area contributed by atoms with Crippen molar-refractivity contribution < 1.29 is 14.4 Å². The maximum Gasteiger partial charge on any atom is 0.284 e. The molecular weight excluding hydrogens is 300 g/mol. The zero-order valence-electron chi connectivity index (χ0n) is 14.6. The molecule has 2 atom stereocenters. The normalized spacial score (nSPS) is 15.7. The fourth-order valence-electron chi connectivity index (χ4n) is 3.27. The van der Waals surface area contributed by atoms with E-state index in [1.165, 1.54) is 16.0 Å². The van der Waals surface area contributed by atoms with E-state index in [2.05, 4.69) is 19.2 Å². The molecule has 0 fully saturated rings. The molecule has 1 heterocycles. The summed E-state index contributed by atoms with van der Waals surface area (Å²) in [6.45, 7) is 3.59. The number of likely N-dealkylation sites (N-methyl/N-ethyl adjacent to an activating group) is 1. The molecule has 0 saturated carbocycles. The Balaban J connectivity index is 1.69. The SMILES string of the molecule is COc1cccc(C[NH+](C)[C@H](C)C(=O)N2CCc3ccccc32)c1. The molecule has 4 heteroatoms. The number of ether oxygens (including phenoxy) is 1. The van der Waals surface area contributed by atoms with E-state index < -0.39 is 0 Å². The summed E-state index contributed by atoms with van der Waals surface area (Å²) in [6.07, 6.45) is 0.948. The molecule has 4 nitrogen and oxygen atoms in total. The molecule has 1 unspecified atom stereocenters. The van der Waals surface area contributed by atoms with Gasteiger partial charge in [0.05, 0.1) is 14.2 Å². The second-order valence-electron chi connectivity index (χ2n) is 6.46. The summed E-state index contributed by atoms with van der Waals surface area (Å²) in [6, 6.07) is 16.1. The molecule has 1 aliphatic rings. The van der Waals surface area contributed by atoms with E-state index in [1.54, 1.807) is 7.11 Å². The van der Waals surface area contributed by atoms with Gasteiger partial charge in [-0.15, -0.1) is 0 Å². The zero-order valence-corrected chi connectivity index (χ0v) is 14.6. The largest absolute Gasteiger partial charge is 0.497 e. The predicted octanol–water partition coefficient (Wildman–Crippen LogP) is 1.69. The minimum absolute atomic E-state index is 0.0950.